The van der Waals surface area contributed by atoms with Crippen LogP contribution in [0.1, 0.15) is 66.2 Å². The van der Waals surface area contributed by atoms with Crippen LogP contribution in [0.15, 0.2) is 54.9 Å². The molecule has 0 spiro atoms. The summed E-state index contributed by atoms with van der Waals surface area (Å²) in [4.78, 5) is 16.0. The molecule has 4 aromatic rings. The van der Waals surface area contributed by atoms with Gasteiger partial charge in [0.2, 0.25) is 0 Å². The Kier molecular flexibility index (Phi) is 6.60. The molecule has 0 aliphatic carbocycles. The number of benzene rings is 2. The van der Waals surface area contributed by atoms with Crippen molar-refractivity contribution in [2.45, 2.75) is 44.7 Å². The molecule has 4 heterocycles. The van der Waals surface area contributed by atoms with Crippen molar-refractivity contribution in [2.24, 2.45) is 0 Å². The highest BCUT2D eigenvalue weighted by Gasteiger charge is 2.20. The maximum absolute atomic E-state index is 4.67. The molecule has 2 aromatic heterocycles. The third kappa shape index (κ3) is 5.08. The van der Waals surface area contributed by atoms with Crippen LogP contribution in [0, 0.1) is 30.6 Å². The van der Waals surface area contributed by atoms with Gasteiger partial charge in [0, 0.05) is 11.1 Å². The highest BCUT2D eigenvalue weighted by atomic mass is 15.0. The molecule has 0 unspecified atom stereocenters. The number of H-pyrrole nitrogens is 2. The van der Waals surface area contributed by atoms with Gasteiger partial charge in [-0.3, -0.25) is 0 Å². The number of nitrogens with one attached hydrogen (secondary N) is 4. The first kappa shape index (κ1) is 23.3. The number of aromatic amines is 2. The van der Waals surface area contributed by atoms with Gasteiger partial charge in [-0.15, -0.1) is 0 Å². The van der Waals surface area contributed by atoms with Crippen molar-refractivity contribution >= 4 is 0 Å². The number of hydrogen-bond donors (Lipinski definition) is 4. The topological polar surface area (TPSA) is 81.4 Å². The van der Waals surface area contributed by atoms with Gasteiger partial charge < -0.3 is 20.6 Å². The Balaban J connectivity index is 1.31. The largest absolute Gasteiger partial charge is 0.341 e. The van der Waals surface area contributed by atoms with E-state index < -0.39 is 0 Å². The van der Waals surface area contributed by atoms with Gasteiger partial charge in [0.1, 0.15) is 17.3 Å². The number of imidazole rings is 2. The first-order valence-corrected chi connectivity index (χ1v) is 13.0. The summed E-state index contributed by atoms with van der Waals surface area (Å²) in [6.07, 6.45) is 8.32. The number of aromatic nitrogens is 4. The van der Waals surface area contributed by atoms with E-state index in [2.05, 4.69) is 97.6 Å². The van der Waals surface area contributed by atoms with Crippen LogP contribution in [0.2, 0.25) is 0 Å². The maximum atomic E-state index is 4.67. The highest BCUT2D eigenvalue weighted by Crippen LogP contribution is 2.32. The third-order valence-corrected chi connectivity index (χ3v) is 7.15. The molecule has 2 aliphatic rings. The van der Waals surface area contributed by atoms with Crippen LogP contribution in [0.4, 0.5) is 0 Å². The standard InChI is InChI=1S/C31H30N6/c1-21-17-23(29-20-35-31(37-29)28-14-8-16-33-28)18-26(22-9-3-2-4-10-22)25(21)12-6-5-11-24-19-34-30(36-24)27-13-7-15-32-27/h2-4,9-10,17-20,27-28,32-33H,7-8,13-16H2,1H3,(H,34,36)(H,35,37)/t27-,28-/m0/s1. The molecule has 4 N–H and O–H groups in total. The molecule has 184 valence electrons. The summed E-state index contributed by atoms with van der Waals surface area (Å²) in [5.41, 5.74) is 7.24. The van der Waals surface area contributed by atoms with Crippen LogP contribution < -0.4 is 10.6 Å². The molecular formula is C31H30N6. The van der Waals surface area contributed by atoms with E-state index in [9.17, 15) is 0 Å². The molecular weight excluding hydrogens is 456 g/mol. The Morgan fingerprint density at radius 1 is 0.784 bits per heavy atom. The summed E-state index contributed by atoms with van der Waals surface area (Å²) in [5.74, 6) is 14.5. The summed E-state index contributed by atoms with van der Waals surface area (Å²) in [6.45, 7) is 4.20. The monoisotopic (exact) mass is 486 g/mol. The lowest BCUT2D eigenvalue weighted by Gasteiger charge is -2.11. The van der Waals surface area contributed by atoms with E-state index in [0.29, 0.717) is 12.1 Å². The molecule has 2 fully saturated rings. The van der Waals surface area contributed by atoms with E-state index in [4.69, 9.17) is 0 Å². The van der Waals surface area contributed by atoms with Gasteiger partial charge in [-0.1, -0.05) is 36.3 Å². The van der Waals surface area contributed by atoms with E-state index in [1.165, 1.54) is 12.8 Å². The third-order valence-electron chi connectivity index (χ3n) is 7.15. The lowest BCUT2D eigenvalue weighted by atomic mass is 9.93. The van der Waals surface area contributed by atoms with Gasteiger partial charge in [0.25, 0.3) is 0 Å². The molecule has 6 rings (SSSR count). The van der Waals surface area contributed by atoms with Gasteiger partial charge in [-0.2, -0.15) is 0 Å². The Morgan fingerprint density at radius 2 is 1.49 bits per heavy atom. The number of rotatable bonds is 4. The first-order valence-electron chi connectivity index (χ1n) is 13.0. The summed E-state index contributed by atoms with van der Waals surface area (Å²) in [6, 6.07) is 15.4. The molecule has 2 saturated heterocycles. The van der Waals surface area contributed by atoms with Crippen LogP contribution in [0.3, 0.4) is 0 Å². The molecule has 2 aromatic carbocycles. The van der Waals surface area contributed by atoms with Crippen molar-refractivity contribution in [1.82, 2.24) is 30.6 Å². The smallest absolute Gasteiger partial charge is 0.124 e. The minimum atomic E-state index is 0.302. The predicted octanol–water partition coefficient (Wildman–Crippen LogP) is 5.03. The number of nitrogens with zero attached hydrogens (tertiary/aromatic N) is 2. The van der Waals surface area contributed by atoms with E-state index in [0.717, 1.165) is 76.8 Å². The molecule has 0 saturated carbocycles. The van der Waals surface area contributed by atoms with Crippen molar-refractivity contribution < 1.29 is 0 Å². The minimum Gasteiger partial charge on any atom is -0.341 e. The van der Waals surface area contributed by atoms with Crippen LogP contribution in [0.5, 0.6) is 0 Å². The minimum absolute atomic E-state index is 0.302. The van der Waals surface area contributed by atoms with E-state index in [1.54, 1.807) is 6.20 Å². The average molecular weight is 487 g/mol. The Hall–Kier alpha value is -4.10. The Labute approximate surface area is 217 Å². The summed E-state index contributed by atoms with van der Waals surface area (Å²) in [5, 5.41) is 6.97. The van der Waals surface area contributed by atoms with Crippen molar-refractivity contribution in [3.8, 4) is 46.1 Å². The van der Waals surface area contributed by atoms with Gasteiger partial charge in [0.05, 0.1) is 30.2 Å². The zero-order chi connectivity index (χ0) is 25.0. The second kappa shape index (κ2) is 10.5. The van der Waals surface area contributed by atoms with Crippen LogP contribution >= 0.6 is 0 Å². The summed E-state index contributed by atoms with van der Waals surface area (Å²) >= 11 is 0. The van der Waals surface area contributed by atoms with E-state index >= 15 is 0 Å². The maximum Gasteiger partial charge on any atom is 0.124 e. The SMILES string of the molecule is Cc1cc(-c2cnc([C@@H]3CCCN3)[nH]2)cc(-c2ccccc2)c1C#CC#Cc1cnc([C@@H]2CCCN2)[nH]1. The molecule has 0 bridgehead atoms. The fraction of sp³-hybridized carbons (Fsp3) is 0.290. The first-order chi connectivity index (χ1) is 18.2. The molecule has 0 radical (unpaired) electrons. The highest BCUT2D eigenvalue weighted by molar-refractivity contribution is 5.79. The number of aryl methyl sites for hydroxylation is 1. The van der Waals surface area contributed by atoms with Gasteiger partial charge in [0.15, 0.2) is 0 Å². The quantitative estimate of drug-likeness (QED) is 0.305. The van der Waals surface area contributed by atoms with Crippen molar-refractivity contribution in [3.63, 3.8) is 0 Å². The lowest BCUT2D eigenvalue weighted by molar-refractivity contribution is 0.612. The summed E-state index contributed by atoms with van der Waals surface area (Å²) in [7, 11) is 0. The molecule has 37 heavy (non-hydrogen) atoms. The van der Waals surface area contributed by atoms with Crippen molar-refractivity contribution in [3.05, 3.63) is 83.3 Å². The molecule has 6 nitrogen and oxygen atoms in total. The Morgan fingerprint density at radius 3 is 2.22 bits per heavy atom. The zero-order valence-electron chi connectivity index (χ0n) is 21.0. The second-order valence-corrected chi connectivity index (χ2v) is 9.74. The Bertz CT molecular complexity index is 1510. The fourth-order valence-corrected chi connectivity index (χ4v) is 5.22. The van der Waals surface area contributed by atoms with Gasteiger partial charge >= 0.3 is 0 Å². The van der Waals surface area contributed by atoms with Crippen LogP contribution in [-0.4, -0.2) is 33.0 Å². The number of hydrogen-bond acceptors (Lipinski definition) is 4. The average Bonchev–Trinajstić information content (AvgIpc) is 3.74. The zero-order valence-corrected chi connectivity index (χ0v) is 21.0. The van der Waals surface area contributed by atoms with E-state index in [1.807, 2.05) is 12.3 Å². The van der Waals surface area contributed by atoms with Crippen LogP contribution in [-0.2, 0) is 0 Å². The lowest BCUT2D eigenvalue weighted by Crippen LogP contribution is -2.14. The second-order valence-electron chi connectivity index (χ2n) is 9.74. The molecule has 0 amide bonds. The molecule has 2 atom stereocenters. The van der Waals surface area contributed by atoms with Crippen LogP contribution in [0.25, 0.3) is 22.4 Å². The predicted molar refractivity (Wildman–Crippen MR) is 146 cm³/mol. The molecule has 2 aliphatic heterocycles. The van der Waals surface area contributed by atoms with Gasteiger partial charge in [-0.25, -0.2) is 9.97 Å². The van der Waals surface area contributed by atoms with Gasteiger partial charge in [-0.05, 0) is 92.3 Å². The normalized spacial score (nSPS) is 18.7. The van der Waals surface area contributed by atoms with Crippen molar-refractivity contribution in [1.29, 1.82) is 0 Å². The molecule has 6 heteroatoms. The van der Waals surface area contributed by atoms with E-state index in [-0.39, 0.29) is 0 Å². The summed E-state index contributed by atoms with van der Waals surface area (Å²) < 4.78 is 0. The fourth-order valence-electron chi connectivity index (χ4n) is 5.22. The van der Waals surface area contributed by atoms with Crippen molar-refractivity contribution in [2.75, 3.05) is 13.1 Å².